The van der Waals surface area contributed by atoms with E-state index in [4.69, 9.17) is 10.5 Å². The summed E-state index contributed by atoms with van der Waals surface area (Å²) < 4.78 is 7.19. The summed E-state index contributed by atoms with van der Waals surface area (Å²) in [4.78, 5) is 20.8. The molecular formula is C25H25N5O2S. The SMILES string of the molecule is Nc1ccc(Cn2sc(-c3ccccc3)c(Nc3ccc(N4CCOCC4)cc3)c2=O)cn1. The van der Waals surface area contributed by atoms with E-state index < -0.39 is 0 Å². The minimum Gasteiger partial charge on any atom is -0.384 e. The molecule has 33 heavy (non-hydrogen) atoms. The number of rotatable bonds is 6. The largest absolute Gasteiger partial charge is 0.384 e. The molecule has 1 aliphatic rings. The third kappa shape index (κ3) is 4.76. The molecule has 1 saturated heterocycles. The Morgan fingerprint density at radius 1 is 1.00 bits per heavy atom. The third-order valence-electron chi connectivity index (χ3n) is 5.59. The van der Waals surface area contributed by atoms with E-state index in [1.165, 1.54) is 11.5 Å². The van der Waals surface area contributed by atoms with Gasteiger partial charge >= 0.3 is 0 Å². The topological polar surface area (TPSA) is 85.4 Å². The Balaban J connectivity index is 1.45. The van der Waals surface area contributed by atoms with Crippen molar-refractivity contribution in [3.05, 3.63) is 88.8 Å². The number of hydrogen-bond acceptors (Lipinski definition) is 7. The summed E-state index contributed by atoms with van der Waals surface area (Å²) in [5.74, 6) is 0.463. The molecule has 0 aliphatic carbocycles. The number of benzene rings is 2. The first-order chi connectivity index (χ1) is 16.2. The van der Waals surface area contributed by atoms with Crippen LogP contribution < -0.4 is 21.5 Å². The van der Waals surface area contributed by atoms with Crippen LogP contribution in [0, 0.1) is 0 Å². The molecule has 4 aromatic rings. The lowest BCUT2D eigenvalue weighted by atomic mass is 10.1. The predicted octanol–water partition coefficient (Wildman–Crippen LogP) is 4.18. The molecular weight excluding hydrogens is 434 g/mol. The zero-order chi connectivity index (χ0) is 22.6. The number of ether oxygens (including phenoxy) is 1. The van der Waals surface area contributed by atoms with Gasteiger partial charge in [-0.1, -0.05) is 47.9 Å². The van der Waals surface area contributed by atoms with Crippen LogP contribution in [0.4, 0.5) is 22.9 Å². The minimum atomic E-state index is -0.0621. The first-order valence-corrected chi connectivity index (χ1v) is 11.6. The fraction of sp³-hybridized carbons (Fsp3) is 0.200. The molecule has 2 aromatic carbocycles. The van der Waals surface area contributed by atoms with Crippen molar-refractivity contribution in [1.29, 1.82) is 0 Å². The van der Waals surface area contributed by atoms with Gasteiger partial charge in [-0.05, 0) is 41.5 Å². The van der Waals surface area contributed by atoms with Gasteiger partial charge in [0, 0.05) is 30.7 Å². The number of nitrogens with one attached hydrogen (secondary N) is 1. The summed E-state index contributed by atoms with van der Waals surface area (Å²) in [6, 6.07) is 21.8. The van der Waals surface area contributed by atoms with E-state index in [1.807, 2.05) is 48.5 Å². The number of nitrogen functional groups attached to an aromatic ring is 1. The monoisotopic (exact) mass is 459 g/mol. The summed E-state index contributed by atoms with van der Waals surface area (Å²) in [6.45, 7) is 3.71. The fourth-order valence-electron chi connectivity index (χ4n) is 3.84. The molecule has 0 unspecified atom stereocenters. The van der Waals surface area contributed by atoms with Gasteiger partial charge in [0.05, 0.1) is 24.6 Å². The Kier molecular flexibility index (Phi) is 6.10. The molecule has 2 aromatic heterocycles. The van der Waals surface area contributed by atoms with Gasteiger partial charge in [0.15, 0.2) is 0 Å². The Morgan fingerprint density at radius 3 is 2.45 bits per heavy atom. The summed E-state index contributed by atoms with van der Waals surface area (Å²) in [6.07, 6.45) is 1.71. The molecule has 7 nitrogen and oxygen atoms in total. The molecule has 8 heteroatoms. The second-order valence-electron chi connectivity index (χ2n) is 7.87. The van der Waals surface area contributed by atoms with Gasteiger partial charge < -0.3 is 20.7 Å². The van der Waals surface area contributed by atoms with Gasteiger partial charge in [-0.2, -0.15) is 0 Å². The molecule has 1 fully saturated rings. The second-order valence-corrected chi connectivity index (χ2v) is 8.90. The minimum absolute atomic E-state index is 0.0621. The van der Waals surface area contributed by atoms with Crippen molar-refractivity contribution in [2.75, 3.05) is 42.3 Å². The number of morpholine rings is 1. The van der Waals surface area contributed by atoms with E-state index in [1.54, 1.807) is 16.2 Å². The Hall–Kier alpha value is -3.62. The van der Waals surface area contributed by atoms with Crippen molar-refractivity contribution in [2.45, 2.75) is 6.54 Å². The third-order valence-corrected chi connectivity index (χ3v) is 6.73. The van der Waals surface area contributed by atoms with E-state index in [2.05, 4.69) is 27.3 Å². The van der Waals surface area contributed by atoms with Crippen LogP contribution in [-0.4, -0.2) is 35.2 Å². The van der Waals surface area contributed by atoms with E-state index in [-0.39, 0.29) is 5.56 Å². The number of nitrogens with two attached hydrogens (primary N) is 1. The van der Waals surface area contributed by atoms with Crippen LogP contribution in [0.1, 0.15) is 5.56 Å². The van der Waals surface area contributed by atoms with Crippen molar-refractivity contribution >= 4 is 34.4 Å². The highest BCUT2D eigenvalue weighted by Gasteiger charge is 2.18. The first-order valence-electron chi connectivity index (χ1n) is 10.9. The van der Waals surface area contributed by atoms with E-state index in [0.29, 0.717) is 18.1 Å². The van der Waals surface area contributed by atoms with Gasteiger partial charge in [-0.15, -0.1) is 0 Å². The van der Waals surface area contributed by atoms with Gasteiger partial charge in [0.25, 0.3) is 5.56 Å². The zero-order valence-electron chi connectivity index (χ0n) is 18.1. The molecule has 0 saturated carbocycles. The maximum absolute atomic E-state index is 13.4. The first kappa shape index (κ1) is 21.2. The predicted molar refractivity (Wildman–Crippen MR) is 135 cm³/mol. The van der Waals surface area contributed by atoms with Crippen LogP contribution in [-0.2, 0) is 11.3 Å². The molecule has 3 heterocycles. The van der Waals surface area contributed by atoms with Crippen molar-refractivity contribution < 1.29 is 4.74 Å². The molecule has 3 N–H and O–H groups in total. The van der Waals surface area contributed by atoms with Crippen molar-refractivity contribution in [3.8, 4) is 10.4 Å². The molecule has 1 aliphatic heterocycles. The van der Waals surface area contributed by atoms with Crippen molar-refractivity contribution in [2.24, 2.45) is 0 Å². The lowest BCUT2D eigenvalue weighted by Gasteiger charge is -2.28. The normalized spacial score (nSPS) is 13.8. The van der Waals surface area contributed by atoms with E-state index >= 15 is 0 Å². The van der Waals surface area contributed by atoms with Crippen molar-refractivity contribution in [3.63, 3.8) is 0 Å². The quantitative estimate of drug-likeness (QED) is 0.450. The molecule has 0 radical (unpaired) electrons. The fourth-order valence-corrected chi connectivity index (χ4v) is 4.92. The molecule has 168 valence electrons. The Bertz CT molecular complexity index is 1260. The second kappa shape index (κ2) is 9.48. The zero-order valence-corrected chi connectivity index (χ0v) is 18.9. The summed E-state index contributed by atoms with van der Waals surface area (Å²) in [7, 11) is 0. The lowest BCUT2D eigenvalue weighted by Crippen LogP contribution is -2.36. The lowest BCUT2D eigenvalue weighted by molar-refractivity contribution is 0.122. The van der Waals surface area contributed by atoms with Crippen LogP contribution in [0.2, 0.25) is 0 Å². The highest BCUT2D eigenvalue weighted by molar-refractivity contribution is 7.10. The van der Waals surface area contributed by atoms with Crippen molar-refractivity contribution in [1.82, 2.24) is 8.94 Å². The number of pyridine rings is 1. The Morgan fingerprint density at radius 2 is 1.76 bits per heavy atom. The average Bonchev–Trinajstić information content (AvgIpc) is 3.17. The van der Waals surface area contributed by atoms with Gasteiger partial charge in [0.2, 0.25) is 0 Å². The maximum atomic E-state index is 13.4. The molecule has 0 spiro atoms. The maximum Gasteiger partial charge on any atom is 0.285 e. The van der Waals surface area contributed by atoms with Crippen LogP contribution in [0.25, 0.3) is 10.4 Å². The summed E-state index contributed by atoms with van der Waals surface area (Å²) in [5, 5.41) is 3.38. The number of aromatic nitrogens is 2. The highest BCUT2D eigenvalue weighted by Crippen LogP contribution is 2.33. The van der Waals surface area contributed by atoms with E-state index in [9.17, 15) is 4.79 Å². The average molecular weight is 460 g/mol. The smallest absolute Gasteiger partial charge is 0.285 e. The van der Waals surface area contributed by atoms with Crippen LogP contribution >= 0.6 is 11.5 Å². The Labute approximate surface area is 196 Å². The molecule has 0 atom stereocenters. The van der Waals surface area contributed by atoms with Crippen LogP contribution in [0.5, 0.6) is 0 Å². The number of anilines is 4. The van der Waals surface area contributed by atoms with Gasteiger partial charge in [-0.3, -0.25) is 8.75 Å². The number of hydrogen-bond donors (Lipinski definition) is 2. The summed E-state index contributed by atoms with van der Waals surface area (Å²) in [5.41, 5.74) is 10.2. The molecule has 0 amide bonds. The summed E-state index contributed by atoms with van der Waals surface area (Å²) >= 11 is 1.44. The standard InChI is InChI=1S/C25H25N5O2S/c26-22-11-6-18(16-27-22)17-30-25(31)23(24(33-30)19-4-2-1-3-5-19)28-20-7-9-21(10-8-20)29-12-14-32-15-13-29/h1-11,16,28H,12-15,17H2,(H2,26,27). The van der Waals surface area contributed by atoms with Crippen LogP contribution in [0.3, 0.4) is 0 Å². The van der Waals surface area contributed by atoms with Gasteiger partial charge in [0.1, 0.15) is 11.5 Å². The molecule has 0 bridgehead atoms. The van der Waals surface area contributed by atoms with Gasteiger partial charge in [-0.25, -0.2) is 4.98 Å². The van der Waals surface area contributed by atoms with Crippen LogP contribution in [0.15, 0.2) is 77.7 Å². The number of nitrogens with zero attached hydrogens (tertiary/aromatic N) is 3. The molecule has 5 rings (SSSR count). The van der Waals surface area contributed by atoms with E-state index in [0.717, 1.165) is 53.7 Å². The highest BCUT2D eigenvalue weighted by atomic mass is 32.1.